The number of hydrogen-bond donors (Lipinski definition) is 2. The minimum absolute atomic E-state index is 0.0539. The molecule has 29 heavy (non-hydrogen) atoms. The zero-order chi connectivity index (χ0) is 21.1. The summed E-state index contributed by atoms with van der Waals surface area (Å²) < 4.78 is 0.819. The Balaban J connectivity index is 1.63. The summed E-state index contributed by atoms with van der Waals surface area (Å²) in [7, 11) is 0. The van der Waals surface area contributed by atoms with Crippen molar-refractivity contribution in [1.29, 1.82) is 0 Å². The molecule has 2 aromatic carbocycles. The fraction of sp³-hybridized carbons (Fsp3) is 0.211. The maximum atomic E-state index is 12.4. The van der Waals surface area contributed by atoms with E-state index in [1.54, 1.807) is 43.3 Å². The molecule has 1 fully saturated rings. The average molecular weight is 461 g/mol. The summed E-state index contributed by atoms with van der Waals surface area (Å²) in [6, 6.07) is 11.1. The first-order valence-electron chi connectivity index (χ1n) is 8.67. The third kappa shape index (κ3) is 4.60. The smallest absolute Gasteiger partial charge is 0.274 e. The lowest BCUT2D eigenvalue weighted by Gasteiger charge is -2.17. The highest BCUT2D eigenvalue weighted by Gasteiger charge is 2.36. The van der Waals surface area contributed by atoms with Crippen LogP contribution in [0.2, 0.25) is 0 Å². The van der Waals surface area contributed by atoms with Gasteiger partial charge in [0.15, 0.2) is 0 Å². The molecule has 2 aromatic rings. The molecule has 1 atom stereocenters. The second-order valence-corrected chi connectivity index (χ2v) is 7.50. The number of anilines is 1. The number of nitro groups is 1. The molecule has 150 valence electrons. The van der Waals surface area contributed by atoms with Gasteiger partial charge in [-0.15, -0.1) is 0 Å². The average Bonchev–Trinajstić information content (AvgIpc) is 3.08. The highest BCUT2D eigenvalue weighted by atomic mass is 79.9. The zero-order valence-electron chi connectivity index (χ0n) is 15.3. The first-order valence-corrected chi connectivity index (χ1v) is 9.46. The summed E-state index contributed by atoms with van der Waals surface area (Å²) in [5.74, 6) is -2.00. The van der Waals surface area contributed by atoms with Crippen LogP contribution in [0.15, 0.2) is 46.9 Å². The molecule has 3 rings (SSSR count). The van der Waals surface area contributed by atoms with Gasteiger partial charge in [-0.25, -0.2) is 0 Å². The van der Waals surface area contributed by atoms with Crippen LogP contribution >= 0.6 is 15.9 Å². The number of carbonyl (C=O) groups is 3. The standard InChI is InChI=1S/C19H17BrN4O5/c1-11-2-7-15(9-16(11)24(28)29)23-10-13(8-17(23)25)19(27)22-21-18(26)12-3-5-14(20)6-4-12/h2-7,9,13H,8,10H2,1H3,(H,21,26)(H,22,27)/t13-/m0/s1. The van der Waals surface area contributed by atoms with E-state index in [0.717, 1.165) is 4.47 Å². The van der Waals surface area contributed by atoms with E-state index in [4.69, 9.17) is 0 Å². The molecular weight excluding hydrogens is 444 g/mol. The summed E-state index contributed by atoms with van der Waals surface area (Å²) in [5.41, 5.74) is 5.77. The largest absolute Gasteiger partial charge is 0.311 e. The molecule has 1 aliphatic rings. The first-order chi connectivity index (χ1) is 13.8. The maximum absolute atomic E-state index is 12.4. The Morgan fingerprint density at radius 3 is 2.52 bits per heavy atom. The summed E-state index contributed by atoms with van der Waals surface area (Å²) in [6.07, 6.45) is -0.0539. The summed E-state index contributed by atoms with van der Waals surface area (Å²) in [4.78, 5) is 48.7. The SMILES string of the molecule is Cc1ccc(N2C[C@@H](C(=O)NNC(=O)c3ccc(Br)cc3)CC2=O)cc1[N+](=O)[O-]. The van der Waals surface area contributed by atoms with Gasteiger partial charge in [-0.1, -0.05) is 22.0 Å². The third-order valence-corrected chi connectivity index (χ3v) is 5.13. The third-order valence-electron chi connectivity index (χ3n) is 4.60. The van der Waals surface area contributed by atoms with Crippen molar-refractivity contribution >= 4 is 45.0 Å². The summed E-state index contributed by atoms with van der Waals surface area (Å²) in [6.45, 7) is 1.68. The van der Waals surface area contributed by atoms with Gasteiger partial charge >= 0.3 is 0 Å². The molecule has 9 nitrogen and oxygen atoms in total. The minimum atomic E-state index is -0.687. The fourth-order valence-corrected chi connectivity index (χ4v) is 3.25. The second kappa shape index (κ2) is 8.39. The summed E-state index contributed by atoms with van der Waals surface area (Å²) in [5, 5.41) is 11.1. The molecule has 0 unspecified atom stereocenters. The number of nitrogens with one attached hydrogen (secondary N) is 2. The molecule has 0 aliphatic carbocycles. The van der Waals surface area contributed by atoms with Crippen LogP contribution in [0.25, 0.3) is 0 Å². The Kier molecular flexibility index (Phi) is 5.92. The van der Waals surface area contributed by atoms with Gasteiger partial charge in [0.2, 0.25) is 11.8 Å². The van der Waals surface area contributed by atoms with Crippen LogP contribution in [0.3, 0.4) is 0 Å². The first kappa shape index (κ1) is 20.5. The molecule has 1 aliphatic heterocycles. The highest BCUT2D eigenvalue weighted by Crippen LogP contribution is 2.29. The minimum Gasteiger partial charge on any atom is -0.311 e. The number of halogens is 1. The Hall–Kier alpha value is -3.27. The maximum Gasteiger partial charge on any atom is 0.274 e. The highest BCUT2D eigenvalue weighted by molar-refractivity contribution is 9.10. The number of rotatable bonds is 4. The number of carbonyl (C=O) groups excluding carboxylic acids is 3. The lowest BCUT2D eigenvalue weighted by Crippen LogP contribution is -2.45. The van der Waals surface area contributed by atoms with Crippen molar-refractivity contribution in [2.45, 2.75) is 13.3 Å². The molecule has 1 saturated heterocycles. The molecule has 10 heteroatoms. The lowest BCUT2D eigenvalue weighted by molar-refractivity contribution is -0.385. The predicted octanol–water partition coefficient (Wildman–Crippen LogP) is 2.48. The predicted molar refractivity (Wildman–Crippen MR) is 108 cm³/mol. The molecule has 0 radical (unpaired) electrons. The number of nitrogens with zero attached hydrogens (tertiary/aromatic N) is 2. The Morgan fingerprint density at radius 2 is 1.86 bits per heavy atom. The van der Waals surface area contributed by atoms with Crippen molar-refractivity contribution < 1.29 is 19.3 Å². The van der Waals surface area contributed by atoms with Gasteiger partial charge in [-0.05, 0) is 37.3 Å². The van der Waals surface area contributed by atoms with Crippen LogP contribution in [0, 0.1) is 23.0 Å². The van der Waals surface area contributed by atoms with Gasteiger partial charge in [0.05, 0.1) is 16.5 Å². The van der Waals surface area contributed by atoms with Crippen LogP contribution in [0.1, 0.15) is 22.3 Å². The molecule has 0 saturated carbocycles. The second-order valence-electron chi connectivity index (χ2n) is 6.58. The Morgan fingerprint density at radius 1 is 1.17 bits per heavy atom. The number of amides is 3. The van der Waals surface area contributed by atoms with Gasteiger partial charge in [-0.2, -0.15) is 0 Å². The van der Waals surface area contributed by atoms with Crippen LogP contribution in [-0.2, 0) is 9.59 Å². The van der Waals surface area contributed by atoms with E-state index in [1.807, 2.05) is 0 Å². The van der Waals surface area contributed by atoms with Crippen molar-refractivity contribution in [3.05, 3.63) is 68.2 Å². The van der Waals surface area contributed by atoms with Gasteiger partial charge in [0, 0.05) is 34.6 Å². The van der Waals surface area contributed by atoms with E-state index in [1.165, 1.54) is 11.0 Å². The quantitative estimate of drug-likeness (QED) is 0.535. The van der Waals surface area contributed by atoms with Crippen LogP contribution in [-0.4, -0.2) is 29.2 Å². The van der Waals surface area contributed by atoms with E-state index in [9.17, 15) is 24.5 Å². The number of benzene rings is 2. The normalized spacial score (nSPS) is 15.9. The Labute approximate surface area is 174 Å². The molecular formula is C19H17BrN4O5. The van der Waals surface area contributed by atoms with E-state index in [0.29, 0.717) is 16.8 Å². The van der Waals surface area contributed by atoms with Crippen molar-refractivity contribution in [1.82, 2.24) is 10.9 Å². The molecule has 2 N–H and O–H groups in total. The van der Waals surface area contributed by atoms with Crippen LogP contribution < -0.4 is 15.8 Å². The topological polar surface area (TPSA) is 122 Å². The molecule has 0 aromatic heterocycles. The van der Waals surface area contributed by atoms with E-state index >= 15 is 0 Å². The van der Waals surface area contributed by atoms with Gasteiger partial charge in [0.25, 0.3) is 11.6 Å². The van der Waals surface area contributed by atoms with Crippen molar-refractivity contribution in [3.63, 3.8) is 0 Å². The summed E-state index contributed by atoms with van der Waals surface area (Å²) >= 11 is 3.27. The molecule has 0 bridgehead atoms. The van der Waals surface area contributed by atoms with Crippen molar-refractivity contribution in [3.8, 4) is 0 Å². The Bertz CT molecular complexity index is 993. The van der Waals surface area contributed by atoms with Crippen molar-refractivity contribution in [2.75, 3.05) is 11.4 Å². The molecule has 3 amide bonds. The van der Waals surface area contributed by atoms with E-state index < -0.39 is 22.7 Å². The number of hydrogen-bond acceptors (Lipinski definition) is 5. The van der Waals surface area contributed by atoms with Gasteiger partial charge in [0.1, 0.15) is 0 Å². The van der Waals surface area contributed by atoms with Gasteiger partial charge in [-0.3, -0.25) is 35.3 Å². The van der Waals surface area contributed by atoms with Gasteiger partial charge < -0.3 is 4.90 Å². The fourth-order valence-electron chi connectivity index (χ4n) is 2.99. The van der Waals surface area contributed by atoms with E-state index in [2.05, 4.69) is 26.8 Å². The van der Waals surface area contributed by atoms with Crippen molar-refractivity contribution in [2.24, 2.45) is 5.92 Å². The molecule has 1 heterocycles. The van der Waals surface area contributed by atoms with Crippen LogP contribution in [0.5, 0.6) is 0 Å². The number of aryl methyl sites for hydroxylation is 1. The van der Waals surface area contributed by atoms with Crippen LogP contribution in [0.4, 0.5) is 11.4 Å². The molecule has 0 spiro atoms. The number of hydrazine groups is 1. The monoisotopic (exact) mass is 460 g/mol. The van der Waals surface area contributed by atoms with E-state index in [-0.39, 0.29) is 24.6 Å². The lowest BCUT2D eigenvalue weighted by atomic mass is 10.1. The number of nitro benzene ring substituents is 1. The zero-order valence-corrected chi connectivity index (χ0v) is 16.9.